The van der Waals surface area contributed by atoms with Crippen molar-refractivity contribution in [2.45, 2.75) is 12.3 Å². The maximum Gasteiger partial charge on any atom is 0.311 e. The number of carbonyl (C=O) groups excluding carboxylic acids is 1. The molecule has 0 fully saturated rings. The molecule has 1 aromatic carbocycles. The summed E-state index contributed by atoms with van der Waals surface area (Å²) in [6.07, 6.45) is -0.0735. The van der Waals surface area contributed by atoms with Gasteiger partial charge in [-0.2, -0.15) is 5.26 Å². The molecule has 0 saturated heterocycles. The molecule has 8 nitrogen and oxygen atoms in total. The van der Waals surface area contributed by atoms with Gasteiger partial charge < -0.3 is 15.2 Å². The summed E-state index contributed by atoms with van der Waals surface area (Å²) in [5.41, 5.74) is 8.38. The second-order valence-electron chi connectivity index (χ2n) is 6.16. The molecule has 1 aliphatic rings. The van der Waals surface area contributed by atoms with Gasteiger partial charge in [-0.15, -0.1) is 5.10 Å². The lowest BCUT2D eigenvalue weighted by Crippen LogP contribution is -2.22. The van der Waals surface area contributed by atoms with Gasteiger partial charge in [0.2, 0.25) is 11.8 Å². The summed E-state index contributed by atoms with van der Waals surface area (Å²) in [5.74, 6) is -1.03. The molecule has 1 unspecified atom stereocenters. The van der Waals surface area contributed by atoms with E-state index in [2.05, 4.69) is 21.3 Å². The molecule has 9 heteroatoms. The molecule has 140 valence electrons. The molecule has 1 aliphatic heterocycles. The van der Waals surface area contributed by atoms with E-state index in [1.807, 2.05) is 30.3 Å². The van der Waals surface area contributed by atoms with Crippen molar-refractivity contribution in [1.82, 2.24) is 15.2 Å². The van der Waals surface area contributed by atoms with Crippen LogP contribution in [0.1, 0.15) is 22.7 Å². The zero-order valence-corrected chi connectivity index (χ0v) is 15.4. The van der Waals surface area contributed by atoms with Gasteiger partial charge in [0.15, 0.2) is 0 Å². The third-order valence-corrected chi connectivity index (χ3v) is 4.88. The van der Waals surface area contributed by atoms with Crippen LogP contribution in [0.15, 0.2) is 41.8 Å². The summed E-state index contributed by atoms with van der Waals surface area (Å²) >= 11 is 6.48. The normalized spacial score (nSPS) is 15.7. The number of pyridine rings is 1. The average Bonchev–Trinajstić information content (AvgIpc) is 3.08. The number of nitrogens with two attached hydrogens (primary N) is 1. The minimum atomic E-state index is -0.684. The molecule has 3 heterocycles. The molecule has 4 rings (SSSR count). The lowest BCUT2D eigenvalue weighted by atomic mass is 9.84. The maximum absolute atomic E-state index is 11.8. The Labute approximate surface area is 164 Å². The second kappa shape index (κ2) is 6.87. The van der Waals surface area contributed by atoms with Crippen molar-refractivity contribution in [3.05, 3.63) is 63.8 Å². The van der Waals surface area contributed by atoms with Crippen LogP contribution in [-0.4, -0.2) is 28.3 Å². The number of nitriles is 1. The molecule has 0 spiro atoms. The topological polar surface area (TPSA) is 127 Å². The van der Waals surface area contributed by atoms with Crippen LogP contribution < -0.4 is 10.5 Å². The van der Waals surface area contributed by atoms with Gasteiger partial charge in [0.25, 0.3) is 0 Å². The number of aromatic amines is 1. The van der Waals surface area contributed by atoms with E-state index >= 15 is 0 Å². The summed E-state index contributed by atoms with van der Waals surface area (Å²) in [4.78, 5) is 16.3. The van der Waals surface area contributed by atoms with Crippen molar-refractivity contribution in [3.8, 4) is 11.9 Å². The molecule has 2 aromatic heterocycles. The smallest absolute Gasteiger partial charge is 0.311 e. The van der Waals surface area contributed by atoms with E-state index in [-0.39, 0.29) is 28.9 Å². The fourth-order valence-electron chi connectivity index (χ4n) is 3.28. The number of ether oxygens (including phenoxy) is 2. The number of aromatic nitrogens is 3. The summed E-state index contributed by atoms with van der Waals surface area (Å²) in [7, 11) is 1.29. The summed E-state index contributed by atoms with van der Waals surface area (Å²) in [6, 6.07) is 11.4. The number of hydrogen-bond donors (Lipinski definition) is 2. The predicted octanol–water partition coefficient (Wildman–Crippen LogP) is 2.54. The van der Waals surface area contributed by atoms with E-state index in [9.17, 15) is 10.1 Å². The van der Waals surface area contributed by atoms with Crippen molar-refractivity contribution in [2.24, 2.45) is 5.73 Å². The fraction of sp³-hybridized carbons (Fsp3) is 0.158. The highest BCUT2D eigenvalue weighted by molar-refractivity contribution is 6.30. The first kappa shape index (κ1) is 17.8. The lowest BCUT2D eigenvalue weighted by molar-refractivity contribution is -0.139. The molecule has 3 aromatic rings. The largest absolute Gasteiger partial charge is 0.469 e. The van der Waals surface area contributed by atoms with Gasteiger partial charge in [0, 0.05) is 10.9 Å². The van der Waals surface area contributed by atoms with Crippen molar-refractivity contribution in [2.75, 3.05) is 7.11 Å². The Morgan fingerprint density at radius 2 is 2.25 bits per heavy atom. The third kappa shape index (κ3) is 2.82. The van der Waals surface area contributed by atoms with Crippen LogP contribution in [-0.2, 0) is 16.0 Å². The Bertz CT molecular complexity index is 1180. The Morgan fingerprint density at radius 3 is 3.00 bits per heavy atom. The van der Waals surface area contributed by atoms with Gasteiger partial charge >= 0.3 is 5.97 Å². The SMILES string of the molecule is COC(=O)Cc1[nH]nc2c1C(c1cc3ccccc3nc1Cl)C(C#N)=C(N)O2. The maximum atomic E-state index is 11.8. The Kier molecular flexibility index (Phi) is 4.37. The summed E-state index contributed by atoms with van der Waals surface area (Å²) in [5, 5.41) is 17.7. The first-order chi connectivity index (χ1) is 13.5. The Morgan fingerprint density at radius 1 is 1.46 bits per heavy atom. The van der Waals surface area contributed by atoms with Gasteiger partial charge in [-0.3, -0.25) is 9.89 Å². The van der Waals surface area contributed by atoms with Gasteiger partial charge in [-0.05, 0) is 12.1 Å². The molecular formula is C19H14ClN5O3. The number of methoxy groups -OCH3 is 1. The van der Waals surface area contributed by atoms with Gasteiger partial charge in [0.1, 0.15) is 16.8 Å². The van der Waals surface area contributed by atoms with Crippen LogP contribution in [0.3, 0.4) is 0 Å². The number of allylic oxidation sites excluding steroid dienone is 1. The Balaban J connectivity index is 1.95. The molecule has 0 amide bonds. The number of hydrogen-bond acceptors (Lipinski definition) is 7. The van der Waals surface area contributed by atoms with Crippen LogP contribution >= 0.6 is 11.6 Å². The number of nitrogens with one attached hydrogen (secondary N) is 1. The van der Waals surface area contributed by atoms with Crippen molar-refractivity contribution >= 4 is 28.5 Å². The van der Waals surface area contributed by atoms with Gasteiger partial charge in [0.05, 0.1) is 36.2 Å². The highest BCUT2D eigenvalue weighted by Gasteiger charge is 2.37. The van der Waals surface area contributed by atoms with Gasteiger partial charge in [-0.25, -0.2) is 4.98 Å². The third-order valence-electron chi connectivity index (χ3n) is 4.58. The van der Waals surface area contributed by atoms with E-state index in [4.69, 9.17) is 26.8 Å². The van der Waals surface area contributed by atoms with Crippen molar-refractivity contribution in [3.63, 3.8) is 0 Å². The quantitative estimate of drug-likeness (QED) is 0.515. The van der Waals surface area contributed by atoms with E-state index in [1.54, 1.807) is 0 Å². The van der Waals surface area contributed by atoms with Crippen LogP contribution in [0.5, 0.6) is 5.88 Å². The second-order valence-corrected chi connectivity index (χ2v) is 6.52. The van der Waals surface area contributed by atoms with E-state index in [0.29, 0.717) is 16.8 Å². The molecule has 0 radical (unpaired) electrons. The van der Waals surface area contributed by atoms with E-state index in [0.717, 1.165) is 10.9 Å². The molecule has 0 saturated carbocycles. The van der Waals surface area contributed by atoms with Crippen LogP contribution in [0, 0.1) is 11.3 Å². The van der Waals surface area contributed by atoms with E-state index in [1.165, 1.54) is 7.11 Å². The highest BCUT2D eigenvalue weighted by atomic mass is 35.5. The van der Waals surface area contributed by atoms with Crippen molar-refractivity contribution < 1.29 is 14.3 Å². The van der Waals surface area contributed by atoms with Crippen LogP contribution in [0.25, 0.3) is 10.9 Å². The number of fused-ring (bicyclic) bond motifs is 2. The first-order valence-corrected chi connectivity index (χ1v) is 8.68. The zero-order chi connectivity index (χ0) is 19.8. The molecule has 0 aliphatic carbocycles. The molecule has 0 bridgehead atoms. The lowest BCUT2D eigenvalue weighted by Gasteiger charge is -2.24. The number of para-hydroxylation sites is 1. The number of rotatable bonds is 3. The predicted molar refractivity (Wildman–Crippen MR) is 100 cm³/mol. The monoisotopic (exact) mass is 395 g/mol. The summed E-state index contributed by atoms with van der Waals surface area (Å²) in [6.45, 7) is 0. The fourth-order valence-corrected chi connectivity index (χ4v) is 3.54. The summed E-state index contributed by atoms with van der Waals surface area (Å²) < 4.78 is 10.2. The number of halogens is 1. The first-order valence-electron chi connectivity index (χ1n) is 8.30. The van der Waals surface area contributed by atoms with E-state index < -0.39 is 11.9 Å². The van der Waals surface area contributed by atoms with Crippen LogP contribution in [0.2, 0.25) is 5.15 Å². The highest BCUT2D eigenvalue weighted by Crippen LogP contribution is 2.45. The Hall–Kier alpha value is -3.57. The zero-order valence-electron chi connectivity index (χ0n) is 14.7. The van der Waals surface area contributed by atoms with Crippen LogP contribution in [0.4, 0.5) is 0 Å². The molecule has 1 atom stereocenters. The number of carbonyl (C=O) groups is 1. The number of H-pyrrole nitrogens is 1. The molecular weight excluding hydrogens is 382 g/mol. The average molecular weight is 396 g/mol. The number of esters is 1. The number of benzene rings is 1. The minimum Gasteiger partial charge on any atom is -0.469 e. The van der Waals surface area contributed by atoms with Crippen molar-refractivity contribution in [1.29, 1.82) is 5.26 Å². The standard InChI is InChI=1S/C19H14ClN5O3/c1-27-14(26)7-13-16-15(11(8-21)18(22)28-19(16)25-24-13)10-6-9-4-2-3-5-12(9)23-17(10)20/h2-6,15H,7,22H2,1H3,(H,24,25). The number of nitrogens with zero attached hydrogens (tertiary/aromatic N) is 3. The molecule has 3 N–H and O–H groups in total. The molecule has 28 heavy (non-hydrogen) atoms. The van der Waals surface area contributed by atoms with Gasteiger partial charge in [-0.1, -0.05) is 29.8 Å². The minimum absolute atomic E-state index is 0.0691.